The monoisotopic (exact) mass is 439 g/mol. The molecule has 0 spiro atoms. The Balaban J connectivity index is 0.00000220. The van der Waals surface area contributed by atoms with Crippen LogP contribution in [0.25, 0.3) is 11.3 Å². The molecule has 1 heterocycles. The first-order valence-electron chi connectivity index (χ1n) is 5.68. The van der Waals surface area contributed by atoms with E-state index in [0.717, 1.165) is 10.0 Å². The molecule has 0 unspecified atom stereocenters. The molecule has 1 aromatic heterocycles. The summed E-state index contributed by atoms with van der Waals surface area (Å²) < 4.78 is 7.56. The van der Waals surface area contributed by atoms with Gasteiger partial charge in [-0.25, -0.2) is 0 Å². The van der Waals surface area contributed by atoms with Crippen molar-refractivity contribution in [1.82, 2.24) is 4.57 Å². The Hall–Kier alpha value is -0.596. The number of aromatic nitrogens is 1. The van der Waals surface area contributed by atoms with E-state index in [0.29, 0.717) is 11.4 Å². The average Bonchev–Trinajstić information content (AvgIpc) is 2.44. The van der Waals surface area contributed by atoms with Crippen molar-refractivity contribution in [2.45, 2.75) is 0 Å². The van der Waals surface area contributed by atoms with Crippen molar-refractivity contribution in [1.29, 1.82) is 0 Å². The maximum atomic E-state index is 11.8. The molecular formula is C15H10BrClNO2Y-. The maximum Gasteiger partial charge on any atom is 0.212 e. The van der Waals surface area contributed by atoms with Crippen molar-refractivity contribution in [3.8, 4) is 29.4 Å². The Labute approximate surface area is 161 Å². The van der Waals surface area contributed by atoms with Crippen molar-refractivity contribution < 1.29 is 37.4 Å². The molecule has 0 N–H and O–H groups in total. The third-order valence-corrected chi connectivity index (χ3v) is 3.62. The zero-order valence-corrected chi connectivity index (χ0v) is 16.4. The van der Waals surface area contributed by atoms with E-state index in [1.807, 2.05) is 6.07 Å². The fourth-order valence-electron chi connectivity index (χ4n) is 1.71. The van der Waals surface area contributed by atoms with Crippen LogP contribution < -0.4 is 10.3 Å². The van der Waals surface area contributed by atoms with Crippen LogP contribution in [-0.2, 0) is 39.8 Å². The van der Waals surface area contributed by atoms with Gasteiger partial charge in [0.25, 0.3) is 0 Å². The summed E-state index contributed by atoms with van der Waals surface area (Å²) in [6.45, 7) is 0.206. The van der Waals surface area contributed by atoms with Gasteiger partial charge >= 0.3 is 0 Å². The fraction of sp³-hybridized carbons (Fsp3) is 0.133. The van der Waals surface area contributed by atoms with E-state index in [2.05, 4.69) is 27.9 Å². The van der Waals surface area contributed by atoms with Crippen molar-refractivity contribution in [3.63, 3.8) is 0 Å². The van der Waals surface area contributed by atoms with Crippen LogP contribution >= 0.6 is 27.5 Å². The predicted molar refractivity (Wildman–Crippen MR) is 83.0 cm³/mol. The van der Waals surface area contributed by atoms with E-state index in [1.165, 1.54) is 10.6 Å². The van der Waals surface area contributed by atoms with Crippen molar-refractivity contribution in [2.24, 2.45) is 7.05 Å². The first-order chi connectivity index (χ1) is 9.54. The Morgan fingerprint density at radius 1 is 1.52 bits per heavy atom. The Morgan fingerprint density at radius 2 is 2.24 bits per heavy atom. The second-order valence-corrected chi connectivity index (χ2v) is 5.25. The van der Waals surface area contributed by atoms with Gasteiger partial charge < -0.3 is 9.30 Å². The number of ether oxygens (including phenoxy) is 1. The van der Waals surface area contributed by atoms with Crippen LogP contribution in [0.1, 0.15) is 0 Å². The van der Waals surface area contributed by atoms with Crippen molar-refractivity contribution >= 4 is 27.5 Å². The van der Waals surface area contributed by atoms with Gasteiger partial charge in [0.15, 0.2) is 0 Å². The van der Waals surface area contributed by atoms with Crippen LogP contribution in [0.4, 0.5) is 0 Å². The zero-order chi connectivity index (χ0) is 14.7. The molecule has 0 bridgehead atoms. The molecule has 0 saturated carbocycles. The number of halogens is 2. The Kier molecular flexibility index (Phi) is 7.16. The summed E-state index contributed by atoms with van der Waals surface area (Å²) >= 11 is 9.23. The first kappa shape index (κ1) is 18.5. The molecule has 21 heavy (non-hydrogen) atoms. The molecule has 2 rings (SSSR count). The summed E-state index contributed by atoms with van der Waals surface area (Å²) in [6, 6.07) is 9.86. The van der Waals surface area contributed by atoms with Crippen LogP contribution in [-0.4, -0.2) is 11.2 Å². The minimum Gasteiger partial charge on any atom is -0.481 e. The standard InChI is InChI=1S/C15H10BrClNO2.Y/c1-3-8-20-10-4-5-11(12(16)9-10)14-7-6-13(17)15(19)18(14)2;/h1,4-6,9H,8H2,2H3;/q-1;. The summed E-state index contributed by atoms with van der Waals surface area (Å²) in [5.74, 6) is 3.05. The van der Waals surface area contributed by atoms with E-state index < -0.39 is 0 Å². The van der Waals surface area contributed by atoms with E-state index in [4.69, 9.17) is 22.8 Å². The molecule has 0 aliphatic carbocycles. The number of hydrogen-bond acceptors (Lipinski definition) is 2. The minimum absolute atomic E-state index is 0. The quantitative estimate of drug-likeness (QED) is 0.542. The van der Waals surface area contributed by atoms with Crippen LogP contribution in [0.5, 0.6) is 5.75 Å². The SMILES string of the molecule is C#CCOc1ccc(-c2[c-]cc(Cl)c(=O)n2C)c(Br)c1.[Y]. The molecule has 0 aliphatic rings. The summed E-state index contributed by atoms with van der Waals surface area (Å²) in [5.41, 5.74) is 1.18. The molecule has 0 atom stereocenters. The number of pyridine rings is 1. The summed E-state index contributed by atoms with van der Waals surface area (Å²) in [5, 5.41) is 0.140. The van der Waals surface area contributed by atoms with E-state index in [1.54, 1.807) is 19.2 Å². The Bertz CT molecular complexity index is 752. The third-order valence-electron chi connectivity index (χ3n) is 2.70. The van der Waals surface area contributed by atoms with Crippen molar-refractivity contribution in [2.75, 3.05) is 6.61 Å². The average molecular weight is 441 g/mol. The van der Waals surface area contributed by atoms with Crippen molar-refractivity contribution in [3.05, 3.63) is 50.2 Å². The largest absolute Gasteiger partial charge is 0.481 e. The fourth-order valence-corrected chi connectivity index (χ4v) is 2.44. The van der Waals surface area contributed by atoms with Crippen LogP contribution in [0.2, 0.25) is 5.02 Å². The number of terminal acetylenes is 1. The first-order valence-corrected chi connectivity index (χ1v) is 6.85. The number of rotatable bonds is 3. The van der Waals surface area contributed by atoms with E-state index in [-0.39, 0.29) is 49.9 Å². The van der Waals surface area contributed by atoms with E-state index in [9.17, 15) is 4.79 Å². The maximum absolute atomic E-state index is 11.8. The van der Waals surface area contributed by atoms with E-state index >= 15 is 0 Å². The zero-order valence-electron chi connectivity index (χ0n) is 11.2. The number of benzene rings is 1. The van der Waals surface area contributed by atoms with Gasteiger partial charge in [0.1, 0.15) is 12.4 Å². The van der Waals surface area contributed by atoms with Gasteiger partial charge in [-0.2, -0.15) is 23.7 Å². The Morgan fingerprint density at radius 3 is 2.86 bits per heavy atom. The predicted octanol–water partition coefficient (Wildman–Crippen LogP) is 3.28. The summed E-state index contributed by atoms with van der Waals surface area (Å²) in [4.78, 5) is 11.8. The molecule has 1 aromatic carbocycles. The molecule has 1 radical (unpaired) electrons. The second kappa shape index (κ2) is 8.15. The molecule has 0 amide bonds. The van der Waals surface area contributed by atoms with Crippen LogP contribution in [0.15, 0.2) is 33.5 Å². The molecule has 0 aliphatic heterocycles. The summed E-state index contributed by atoms with van der Waals surface area (Å²) in [7, 11) is 1.65. The molecule has 3 nitrogen and oxygen atoms in total. The number of nitrogens with zero attached hydrogens (tertiary/aromatic N) is 1. The van der Waals surface area contributed by atoms with Gasteiger partial charge in [0, 0.05) is 44.8 Å². The van der Waals surface area contributed by atoms with Crippen LogP contribution in [0, 0.1) is 18.4 Å². The van der Waals surface area contributed by atoms with Gasteiger partial charge in [-0.05, 0) is 16.6 Å². The van der Waals surface area contributed by atoms with Crippen LogP contribution in [0.3, 0.4) is 0 Å². The number of hydrogen-bond donors (Lipinski definition) is 0. The van der Waals surface area contributed by atoms with Gasteiger partial charge in [0.2, 0.25) is 5.56 Å². The van der Waals surface area contributed by atoms with Gasteiger partial charge in [-0.3, -0.25) is 4.79 Å². The molecular weight excluding hydrogens is 430 g/mol. The molecule has 2 aromatic rings. The molecule has 0 fully saturated rings. The second-order valence-electron chi connectivity index (χ2n) is 3.98. The van der Waals surface area contributed by atoms with Gasteiger partial charge in [0.05, 0.1) is 0 Å². The molecule has 105 valence electrons. The minimum atomic E-state index is -0.264. The third kappa shape index (κ3) is 4.20. The van der Waals surface area contributed by atoms with Gasteiger partial charge in [-0.15, -0.1) is 12.5 Å². The molecule has 6 heteroatoms. The normalized spacial score (nSPS) is 9.62. The summed E-state index contributed by atoms with van der Waals surface area (Å²) in [6.07, 6.45) is 5.14. The smallest absolute Gasteiger partial charge is 0.212 e. The molecule has 0 saturated heterocycles. The topological polar surface area (TPSA) is 31.2 Å². The van der Waals surface area contributed by atoms with Gasteiger partial charge in [-0.1, -0.05) is 33.1 Å².